The molecule has 11 heteroatoms. The fourth-order valence-electron chi connectivity index (χ4n) is 5.02. The zero-order valence-corrected chi connectivity index (χ0v) is 23.7. The zero-order valence-electron chi connectivity index (χ0n) is 22.2. The predicted octanol–water partition coefficient (Wildman–Crippen LogP) is 5.06. The highest BCUT2D eigenvalue weighted by molar-refractivity contribution is 6.42. The number of ether oxygens (including phenoxy) is 2. The molecule has 2 aliphatic rings. The van der Waals surface area contributed by atoms with Crippen LogP contribution in [0.2, 0.25) is 10.0 Å². The van der Waals surface area contributed by atoms with Gasteiger partial charge in [-0.1, -0.05) is 47.5 Å². The third-order valence-electron chi connectivity index (χ3n) is 7.30. The maximum absolute atomic E-state index is 13.6. The highest BCUT2D eigenvalue weighted by Crippen LogP contribution is 2.39. The third kappa shape index (κ3) is 5.82. The van der Waals surface area contributed by atoms with E-state index in [9.17, 15) is 14.4 Å². The van der Waals surface area contributed by atoms with E-state index in [-0.39, 0.29) is 41.8 Å². The number of hydrogen-bond donors (Lipinski definition) is 0. The Labute approximate surface area is 242 Å². The van der Waals surface area contributed by atoms with Crippen molar-refractivity contribution in [3.63, 3.8) is 0 Å². The smallest absolute Gasteiger partial charge is 0.373 e. The van der Waals surface area contributed by atoms with Gasteiger partial charge in [0.2, 0.25) is 11.7 Å². The van der Waals surface area contributed by atoms with Gasteiger partial charge in [-0.15, -0.1) is 0 Å². The van der Waals surface area contributed by atoms with Crippen molar-refractivity contribution in [1.29, 1.82) is 0 Å². The first kappa shape index (κ1) is 28.0. The Hall–Kier alpha value is -3.53. The molecule has 5 rings (SSSR count). The van der Waals surface area contributed by atoms with Gasteiger partial charge in [0.1, 0.15) is 18.1 Å². The number of furan rings is 1. The molecule has 2 aliphatic heterocycles. The number of benzene rings is 2. The summed E-state index contributed by atoms with van der Waals surface area (Å²) in [4.78, 5) is 43.6. The standard InChI is InChI=1S/C29H29Cl2N3O6/c1-32(27(35)16-34-22-13-20(30)21(31)14-26(22)39-17-28(34)36)23(15-33-11-3-4-12-33)18-5-7-19(8-6-18)24-9-10-25(40-24)29(37)38-2/h5-10,13-14,23H,3-4,11-12,15-17H2,1-2H3. The highest BCUT2D eigenvalue weighted by atomic mass is 35.5. The van der Waals surface area contributed by atoms with Crippen LogP contribution in [-0.2, 0) is 14.3 Å². The Kier molecular flexibility index (Phi) is 8.35. The monoisotopic (exact) mass is 585 g/mol. The van der Waals surface area contributed by atoms with Crippen molar-refractivity contribution < 1.29 is 28.3 Å². The summed E-state index contributed by atoms with van der Waals surface area (Å²) in [5.41, 5.74) is 2.14. The van der Waals surface area contributed by atoms with Gasteiger partial charge in [-0.25, -0.2) is 4.79 Å². The van der Waals surface area contributed by atoms with E-state index in [0.29, 0.717) is 28.8 Å². The van der Waals surface area contributed by atoms with Crippen molar-refractivity contribution in [1.82, 2.24) is 9.80 Å². The maximum Gasteiger partial charge on any atom is 0.373 e. The molecule has 1 atom stereocenters. The van der Waals surface area contributed by atoms with Crippen molar-refractivity contribution in [2.75, 3.05) is 51.8 Å². The third-order valence-corrected chi connectivity index (χ3v) is 8.02. The summed E-state index contributed by atoms with van der Waals surface area (Å²) in [6.07, 6.45) is 2.24. The van der Waals surface area contributed by atoms with Gasteiger partial charge in [-0.05, 0) is 49.7 Å². The van der Waals surface area contributed by atoms with Crippen LogP contribution < -0.4 is 9.64 Å². The molecule has 0 bridgehead atoms. The van der Waals surface area contributed by atoms with Gasteiger partial charge in [-0.3, -0.25) is 14.5 Å². The van der Waals surface area contributed by atoms with Crippen molar-refractivity contribution in [2.45, 2.75) is 18.9 Å². The first-order valence-electron chi connectivity index (χ1n) is 12.9. The number of methoxy groups -OCH3 is 1. The molecule has 3 aromatic rings. The highest BCUT2D eigenvalue weighted by Gasteiger charge is 2.32. The molecule has 1 unspecified atom stereocenters. The van der Waals surface area contributed by atoms with E-state index in [0.717, 1.165) is 37.1 Å². The van der Waals surface area contributed by atoms with Crippen molar-refractivity contribution in [3.8, 4) is 17.1 Å². The molecule has 9 nitrogen and oxygen atoms in total. The van der Waals surface area contributed by atoms with E-state index in [1.54, 1.807) is 36.2 Å². The molecule has 3 heterocycles. The molecular weight excluding hydrogens is 557 g/mol. The number of likely N-dealkylation sites (N-methyl/N-ethyl adjacent to an activating group) is 1. The van der Waals surface area contributed by atoms with E-state index in [1.807, 2.05) is 24.3 Å². The normalized spacial score (nSPS) is 15.9. The van der Waals surface area contributed by atoms with E-state index >= 15 is 0 Å². The fraction of sp³-hybridized carbons (Fsp3) is 0.345. The minimum atomic E-state index is -0.541. The van der Waals surface area contributed by atoms with Gasteiger partial charge in [0.25, 0.3) is 5.91 Å². The van der Waals surface area contributed by atoms with Gasteiger partial charge in [0.15, 0.2) is 6.61 Å². The molecule has 0 radical (unpaired) electrons. The number of nitrogens with zero attached hydrogens (tertiary/aromatic N) is 3. The van der Waals surface area contributed by atoms with Crippen LogP contribution in [0.15, 0.2) is 52.9 Å². The second kappa shape index (κ2) is 11.9. The van der Waals surface area contributed by atoms with E-state index in [2.05, 4.69) is 4.90 Å². The number of anilines is 1. The molecule has 2 amide bonds. The summed E-state index contributed by atoms with van der Waals surface area (Å²) in [6, 6.07) is 13.8. The van der Waals surface area contributed by atoms with Crippen molar-refractivity contribution >= 4 is 46.7 Å². The van der Waals surface area contributed by atoms with Crippen molar-refractivity contribution in [3.05, 3.63) is 69.9 Å². The molecule has 0 aliphatic carbocycles. The average molecular weight is 586 g/mol. The molecule has 0 saturated carbocycles. The topological polar surface area (TPSA) is 92.5 Å². The number of amides is 2. The first-order chi connectivity index (χ1) is 19.2. The molecular formula is C29H29Cl2N3O6. The lowest BCUT2D eigenvalue weighted by Gasteiger charge is -2.35. The first-order valence-corrected chi connectivity index (χ1v) is 13.7. The Morgan fingerprint density at radius 3 is 2.45 bits per heavy atom. The Bertz CT molecular complexity index is 1420. The van der Waals surface area contributed by atoms with Gasteiger partial charge in [0, 0.05) is 25.2 Å². The van der Waals surface area contributed by atoms with Crippen molar-refractivity contribution in [2.24, 2.45) is 0 Å². The van der Waals surface area contributed by atoms with Crippen LogP contribution in [0.25, 0.3) is 11.3 Å². The number of hydrogen-bond acceptors (Lipinski definition) is 7. The fourth-order valence-corrected chi connectivity index (χ4v) is 5.34. The summed E-state index contributed by atoms with van der Waals surface area (Å²) >= 11 is 12.3. The van der Waals surface area contributed by atoms with Gasteiger partial charge in [0.05, 0.1) is 28.9 Å². The van der Waals surface area contributed by atoms with Crippen LogP contribution >= 0.6 is 23.2 Å². The number of fused-ring (bicyclic) bond motifs is 1. The molecule has 0 spiro atoms. The average Bonchev–Trinajstić information content (AvgIpc) is 3.66. The quantitative estimate of drug-likeness (QED) is 0.341. The van der Waals surface area contributed by atoms with Crippen LogP contribution in [0.5, 0.6) is 5.75 Å². The number of carbonyl (C=O) groups is 3. The molecule has 40 heavy (non-hydrogen) atoms. The number of esters is 1. The zero-order chi connectivity index (χ0) is 28.4. The lowest BCUT2D eigenvalue weighted by molar-refractivity contribution is -0.133. The summed E-state index contributed by atoms with van der Waals surface area (Å²) in [5, 5.41) is 0.579. The second-order valence-corrected chi connectivity index (χ2v) is 10.6. The van der Waals surface area contributed by atoms with E-state index in [4.69, 9.17) is 37.1 Å². The van der Waals surface area contributed by atoms with Gasteiger partial charge < -0.3 is 23.7 Å². The van der Waals surface area contributed by atoms with Crippen LogP contribution in [0.1, 0.15) is 35.0 Å². The molecule has 1 aromatic heterocycles. The van der Waals surface area contributed by atoms with Crippen LogP contribution in [0, 0.1) is 0 Å². The number of rotatable bonds is 8. The Balaban J connectivity index is 1.38. The largest absolute Gasteiger partial charge is 0.482 e. The summed E-state index contributed by atoms with van der Waals surface area (Å²) in [7, 11) is 3.06. The van der Waals surface area contributed by atoms with Gasteiger partial charge >= 0.3 is 5.97 Å². The van der Waals surface area contributed by atoms with Gasteiger partial charge in [-0.2, -0.15) is 0 Å². The number of halogens is 2. The number of carbonyl (C=O) groups excluding carboxylic acids is 3. The predicted molar refractivity (Wildman–Crippen MR) is 151 cm³/mol. The Morgan fingerprint density at radius 1 is 1.05 bits per heavy atom. The van der Waals surface area contributed by atoms with Crippen LogP contribution in [-0.4, -0.2) is 74.5 Å². The molecule has 1 fully saturated rings. The minimum absolute atomic E-state index is 0.126. The molecule has 2 aromatic carbocycles. The van der Waals surface area contributed by atoms with E-state index in [1.165, 1.54) is 12.0 Å². The summed E-state index contributed by atoms with van der Waals surface area (Å²) < 4.78 is 15.9. The lowest BCUT2D eigenvalue weighted by Crippen LogP contribution is -2.47. The lowest BCUT2D eigenvalue weighted by atomic mass is 10.0. The molecule has 0 N–H and O–H groups in total. The van der Waals surface area contributed by atoms with E-state index < -0.39 is 5.97 Å². The number of likely N-dealkylation sites (tertiary alicyclic amines) is 1. The van der Waals surface area contributed by atoms with Crippen LogP contribution in [0.4, 0.5) is 5.69 Å². The minimum Gasteiger partial charge on any atom is -0.482 e. The molecule has 1 saturated heterocycles. The summed E-state index contributed by atoms with van der Waals surface area (Å²) in [5.74, 6) is -0.0353. The summed E-state index contributed by atoms with van der Waals surface area (Å²) in [6.45, 7) is 2.23. The van der Waals surface area contributed by atoms with Crippen LogP contribution in [0.3, 0.4) is 0 Å². The maximum atomic E-state index is 13.6. The molecule has 210 valence electrons. The second-order valence-electron chi connectivity index (χ2n) is 9.81. The Morgan fingerprint density at radius 2 is 1.75 bits per heavy atom. The SMILES string of the molecule is COC(=O)c1ccc(-c2ccc(C(CN3CCCC3)N(C)C(=O)CN3C(=O)COc4cc(Cl)c(Cl)cc43)cc2)o1.